The van der Waals surface area contributed by atoms with Gasteiger partial charge in [-0.1, -0.05) is 31.0 Å². The van der Waals surface area contributed by atoms with Gasteiger partial charge in [0.25, 0.3) is 0 Å². The summed E-state index contributed by atoms with van der Waals surface area (Å²) < 4.78 is 1.68. The molecule has 1 aromatic rings. The number of carbonyl (C=O) groups is 1. The Kier molecular flexibility index (Phi) is 4.68. The van der Waals surface area contributed by atoms with Gasteiger partial charge in [-0.05, 0) is 26.0 Å². The lowest BCUT2D eigenvalue weighted by Crippen LogP contribution is -2.40. The minimum atomic E-state index is -0.376. The first kappa shape index (κ1) is 14.2. The lowest BCUT2D eigenvalue weighted by molar-refractivity contribution is -0.124. The van der Waals surface area contributed by atoms with Gasteiger partial charge in [-0.25, -0.2) is 0 Å². The van der Waals surface area contributed by atoms with E-state index in [4.69, 9.17) is 5.73 Å². The van der Waals surface area contributed by atoms with Gasteiger partial charge in [0.2, 0.25) is 11.9 Å². The number of carbonyl (C=O) groups excluding carboxylic acids is 1. The Labute approximate surface area is 117 Å². The summed E-state index contributed by atoms with van der Waals surface area (Å²) in [7, 11) is 0. The Morgan fingerprint density at radius 2 is 2.11 bits per heavy atom. The van der Waals surface area contributed by atoms with E-state index in [0.29, 0.717) is 11.2 Å². The Bertz CT molecular complexity index is 441. The molecular weight excluding hydrogens is 262 g/mol. The summed E-state index contributed by atoms with van der Waals surface area (Å²) in [6.07, 6.45) is 7.72. The molecule has 1 fully saturated rings. The number of nitrogens with zero attached hydrogens (tertiary/aromatic N) is 3. The first-order chi connectivity index (χ1) is 9.13. The normalized spacial score (nSPS) is 18.2. The molecule has 1 saturated carbocycles. The van der Waals surface area contributed by atoms with Crippen LogP contribution in [-0.4, -0.2) is 33.0 Å². The van der Waals surface area contributed by atoms with Crippen molar-refractivity contribution in [3.05, 3.63) is 0 Å². The maximum Gasteiger partial charge on any atom is 0.243 e. The minimum Gasteiger partial charge on any atom is -0.368 e. The molecule has 1 heterocycles. The zero-order valence-corrected chi connectivity index (χ0v) is 12.2. The molecule has 2 rings (SSSR count). The predicted molar refractivity (Wildman–Crippen MR) is 75.9 cm³/mol. The van der Waals surface area contributed by atoms with Gasteiger partial charge in [-0.3, -0.25) is 9.36 Å². The SMILES string of the molecule is CSc1nnc(N)n1C(C)C(=O)NC1CCCCC1. The van der Waals surface area contributed by atoms with Gasteiger partial charge in [-0.2, -0.15) is 0 Å². The smallest absolute Gasteiger partial charge is 0.243 e. The van der Waals surface area contributed by atoms with Crippen LogP contribution in [0.5, 0.6) is 0 Å². The van der Waals surface area contributed by atoms with Crippen molar-refractivity contribution in [2.24, 2.45) is 0 Å². The van der Waals surface area contributed by atoms with Crippen LogP contribution in [0.25, 0.3) is 0 Å². The molecule has 0 bridgehead atoms. The maximum absolute atomic E-state index is 12.3. The van der Waals surface area contributed by atoms with Crippen LogP contribution in [0.3, 0.4) is 0 Å². The molecule has 3 N–H and O–H groups in total. The molecule has 0 spiro atoms. The molecule has 1 atom stereocenters. The van der Waals surface area contributed by atoms with E-state index in [1.807, 2.05) is 13.2 Å². The number of nitrogen functional groups attached to an aromatic ring is 1. The van der Waals surface area contributed by atoms with Gasteiger partial charge < -0.3 is 11.1 Å². The first-order valence-electron chi connectivity index (χ1n) is 6.68. The van der Waals surface area contributed by atoms with Gasteiger partial charge in [0.1, 0.15) is 6.04 Å². The fourth-order valence-electron chi connectivity index (χ4n) is 2.48. The molecule has 106 valence electrons. The first-order valence-corrected chi connectivity index (χ1v) is 7.90. The maximum atomic E-state index is 12.3. The third-order valence-corrected chi connectivity index (χ3v) is 4.24. The quantitative estimate of drug-likeness (QED) is 0.820. The van der Waals surface area contributed by atoms with Crippen LogP contribution in [0.4, 0.5) is 5.95 Å². The number of hydrogen-bond acceptors (Lipinski definition) is 5. The highest BCUT2D eigenvalue weighted by atomic mass is 32.2. The predicted octanol–water partition coefficient (Wildman–Crippen LogP) is 1.59. The number of nitrogens with two attached hydrogens (primary N) is 1. The van der Waals surface area contributed by atoms with Gasteiger partial charge in [0.15, 0.2) is 5.16 Å². The standard InChI is InChI=1S/C12H21N5OS/c1-8(17-11(13)15-16-12(17)19-2)10(18)14-9-6-4-3-5-7-9/h8-9H,3-7H2,1-2H3,(H2,13,15)(H,14,18). The average Bonchev–Trinajstić information content (AvgIpc) is 2.80. The van der Waals surface area contributed by atoms with Crippen molar-refractivity contribution in [1.82, 2.24) is 20.1 Å². The van der Waals surface area contributed by atoms with Gasteiger partial charge in [0.05, 0.1) is 0 Å². The van der Waals surface area contributed by atoms with E-state index in [2.05, 4.69) is 15.5 Å². The molecule has 7 heteroatoms. The highest BCUT2D eigenvalue weighted by Crippen LogP contribution is 2.22. The van der Waals surface area contributed by atoms with Crippen LogP contribution in [0.1, 0.15) is 45.1 Å². The Morgan fingerprint density at radius 3 is 2.74 bits per heavy atom. The number of nitrogens with one attached hydrogen (secondary N) is 1. The number of rotatable bonds is 4. The molecule has 6 nitrogen and oxygen atoms in total. The summed E-state index contributed by atoms with van der Waals surface area (Å²) in [6, 6.07) is -0.0708. The molecule has 1 aromatic heterocycles. The van der Waals surface area contributed by atoms with Crippen LogP contribution >= 0.6 is 11.8 Å². The Balaban J connectivity index is 2.03. The highest BCUT2D eigenvalue weighted by molar-refractivity contribution is 7.98. The van der Waals surface area contributed by atoms with E-state index in [-0.39, 0.29) is 17.9 Å². The van der Waals surface area contributed by atoms with E-state index < -0.39 is 0 Å². The zero-order valence-electron chi connectivity index (χ0n) is 11.4. The molecule has 0 aromatic carbocycles. The van der Waals surface area contributed by atoms with Crippen LogP contribution < -0.4 is 11.1 Å². The molecular formula is C12H21N5OS. The Hall–Kier alpha value is -1.24. The van der Waals surface area contributed by atoms with Crippen molar-refractivity contribution >= 4 is 23.6 Å². The van der Waals surface area contributed by atoms with Crippen molar-refractivity contribution in [3.8, 4) is 0 Å². The van der Waals surface area contributed by atoms with E-state index in [9.17, 15) is 4.79 Å². The molecule has 1 unspecified atom stereocenters. The summed E-state index contributed by atoms with van der Waals surface area (Å²) in [4.78, 5) is 12.3. The summed E-state index contributed by atoms with van der Waals surface area (Å²) in [6.45, 7) is 1.83. The van der Waals surface area contributed by atoms with Crippen LogP contribution in [0.2, 0.25) is 0 Å². The van der Waals surface area contributed by atoms with Crippen LogP contribution in [0, 0.1) is 0 Å². The molecule has 0 saturated heterocycles. The monoisotopic (exact) mass is 283 g/mol. The number of anilines is 1. The molecule has 0 radical (unpaired) electrons. The molecule has 19 heavy (non-hydrogen) atoms. The fourth-order valence-corrected chi connectivity index (χ4v) is 3.05. The van der Waals surface area contributed by atoms with Gasteiger partial charge >= 0.3 is 0 Å². The number of aromatic nitrogens is 3. The zero-order chi connectivity index (χ0) is 13.8. The van der Waals surface area contributed by atoms with E-state index >= 15 is 0 Å². The second-order valence-electron chi connectivity index (χ2n) is 4.93. The number of hydrogen-bond donors (Lipinski definition) is 2. The van der Waals surface area contributed by atoms with Crippen LogP contribution in [-0.2, 0) is 4.79 Å². The third-order valence-electron chi connectivity index (χ3n) is 3.59. The van der Waals surface area contributed by atoms with Gasteiger partial charge in [0, 0.05) is 6.04 Å². The van der Waals surface area contributed by atoms with E-state index in [0.717, 1.165) is 12.8 Å². The number of thioether (sulfide) groups is 1. The summed E-state index contributed by atoms with van der Waals surface area (Å²) in [5.41, 5.74) is 5.78. The van der Waals surface area contributed by atoms with Crippen molar-refractivity contribution in [3.63, 3.8) is 0 Å². The van der Waals surface area contributed by atoms with Crippen molar-refractivity contribution < 1.29 is 4.79 Å². The van der Waals surface area contributed by atoms with Crippen molar-refractivity contribution in [2.75, 3.05) is 12.0 Å². The van der Waals surface area contributed by atoms with Crippen molar-refractivity contribution in [2.45, 2.75) is 56.3 Å². The molecule has 0 aliphatic heterocycles. The second-order valence-corrected chi connectivity index (χ2v) is 5.71. The number of amides is 1. The van der Waals surface area contributed by atoms with Gasteiger partial charge in [-0.15, -0.1) is 10.2 Å². The van der Waals surface area contributed by atoms with Crippen molar-refractivity contribution in [1.29, 1.82) is 0 Å². The lowest BCUT2D eigenvalue weighted by Gasteiger charge is -2.25. The van der Waals surface area contributed by atoms with Crippen LogP contribution in [0.15, 0.2) is 5.16 Å². The minimum absolute atomic E-state index is 0.00583. The summed E-state index contributed by atoms with van der Waals surface area (Å²) in [5, 5.41) is 11.6. The second kappa shape index (κ2) is 6.27. The highest BCUT2D eigenvalue weighted by Gasteiger charge is 2.24. The molecule has 1 aliphatic rings. The Morgan fingerprint density at radius 1 is 1.42 bits per heavy atom. The topological polar surface area (TPSA) is 85.8 Å². The largest absolute Gasteiger partial charge is 0.368 e. The summed E-state index contributed by atoms with van der Waals surface area (Å²) in [5.74, 6) is 0.282. The van der Waals surface area contributed by atoms with E-state index in [1.54, 1.807) is 4.57 Å². The summed E-state index contributed by atoms with van der Waals surface area (Å²) >= 11 is 1.44. The fraction of sp³-hybridized carbons (Fsp3) is 0.750. The third kappa shape index (κ3) is 3.20. The average molecular weight is 283 g/mol. The lowest BCUT2D eigenvalue weighted by atomic mass is 9.95. The molecule has 1 aliphatic carbocycles. The molecule has 1 amide bonds. The van der Waals surface area contributed by atoms with E-state index in [1.165, 1.54) is 31.0 Å².